The van der Waals surface area contributed by atoms with E-state index in [0.717, 1.165) is 18.6 Å². The molecule has 0 bridgehead atoms. The molecule has 2 nitrogen and oxygen atoms in total. The molecule has 2 rings (SSSR count). The summed E-state index contributed by atoms with van der Waals surface area (Å²) in [4.78, 5) is 4.27. The van der Waals surface area contributed by atoms with Gasteiger partial charge in [-0.05, 0) is 34.5 Å². The Kier molecular flexibility index (Phi) is 3.99. The smallest absolute Gasteiger partial charge is 0.416 e. The summed E-state index contributed by atoms with van der Waals surface area (Å²) in [5.74, 6) is 0.573. The van der Waals surface area contributed by atoms with Gasteiger partial charge in [0.15, 0.2) is 10.6 Å². The Balaban J connectivity index is 2.32. The third-order valence-electron chi connectivity index (χ3n) is 2.58. The SMILES string of the molecule is CCCc1nc(-c2ccc(C(F)(F)F)cc2)c(Br)o1. The lowest BCUT2D eigenvalue weighted by atomic mass is 10.1. The number of rotatable bonds is 3. The lowest BCUT2D eigenvalue weighted by Gasteiger charge is -2.06. The van der Waals surface area contributed by atoms with Crippen LogP contribution in [0.15, 0.2) is 33.4 Å². The molecule has 1 heterocycles. The molecule has 0 fully saturated rings. The predicted molar refractivity (Wildman–Crippen MR) is 68.6 cm³/mol. The lowest BCUT2D eigenvalue weighted by Crippen LogP contribution is -2.04. The minimum absolute atomic E-state index is 0.440. The molecule has 0 aliphatic heterocycles. The molecule has 6 heteroatoms. The van der Waals surface area contributed by atoms with Crippen molar-refractivity contribution in [1.29, 1.82) is 0 Å². The van der Waals surface area contributed by atoms with Gasteiger partial charge in [-0.15, -0.1) is 0 Å². The second-order valence-electron chi connectivity index (χ2n) is 4.06. The first-order chi connectivity index (χ1) is 8.91. The highest BCUT2D eigenvalue weighted by molar-refractivity contribution is 9.10. The second-order valence-corrected chi connectivity index (χ2v) is 4.78. The first-order valence-corrected chi connectivity index (χ1v) is 6.54. The quantitative estimate of drug-likeness (QED) is 0.783. The van der Waals surface area contributed by atoms with Crippen LogP contribution in [0.25, 0.3) is 11.3 Å². The Morgan fingerprint density at radius 3 is 2.37 bits per heavy atom. The van der Waals surface area contributed by atoms with E-state index < -0.39 is 11.7 Å². The monoisotopic (exact) mass is 333 g/mol. The number of halogens is 4. The summed E-state index contributed by atoms with van der Waals surface area (Å²) >= 11 is 3.23. The van der Waals surface area contributed by atoms with Crippen LogP contribution in [0.2, 0.25) is 0 Å². The van der Waals surface area contributed by atoms with Gasteiger partial charge in [0, 0.05) is 12.0 Å². The van der Waals surface area contributed by atoms with Crippen LogP contribution in [0.1, 0.15) is 24.8 Å². The maximum Gasteiger partial charge on any atom is 0.416 e. The number of hydrogen-bond acceptors (Lipinski definition) is 2. The number of alkyl halides is 3. The minimum atomic E-state index is -4.33. The zero-order valence-electron chi connectivity index (χ0n) is 10.1. The van der Waals surface area contributed by atoms with Crippen LogP contribution in [0.3, 0.4) is 0 Å². The Hall–Kier alpha value is -1.30. The van der Waals surface area contributed by atoms with E-state index in [4.69, 9.17) is 4.42 Å². The van der Waals surface area contributed by atoms with Gasteiger partial charge in [-0.2, -0.15) is 13.2 Å². The normalized spacial score (nSPS) is 11.8. The van der Waals surface area contributed by atoms with Crippen LogP contribution in [0, 0.1) is 0 Å². The van der Waals surface area contributed by atoms with E-state index >= 15 is 0 Å². The van der Waals surface area contributed by atoms with E-state index in [1.54, 1.807) is 0 Å². The summed E-state index contributed by atoms with van der Waals surface area (Å²) in [5.41, 5.74) is 0.438. The average molecular weight is 334 g/mol. The summed E-state index contributed by atoms with van der Waals surface area (Å²) in [6, 6.07) is 4.86. The highest BCUT2D eigenvalue weighted by Gasteiger charge is 2.30. The van der Waals surface area contributed by atoms with Gasteiger partial charge in [0.25, 0.3) is 0 Å². The maximum absolute atomic E-state index is 12.5. The third-order valence-corrected chi connectivity index (χ3v) is 3.12. The van der Waals surface area contributed by atoms with Gasteiger partial charge < -0.3 is 4.42 Å². The summed E-state index contributed by atoms with van der Waals surface area (Å²) in [5, 5.41) is 0. The number of aryl methyl sites for hydroxylation is 1. The molecule has 0 aliphatic rings. The number of aromatic nitrogens is 1. The Labute approximate surface area is 116 Å². The maximum atomic E-state index is 12.5. The molecule has 19 heavy (non-hydrogen) atoms. The van der Waals surface area contributed by atoms with Crippen LogP contribution >= 0.6 is 15.9 Å². The van der Waals surface area contributed by atoms with Crippen LogP contribution in [-0.4, -0.2) is 4.98 Å². The standard InChI is InChI=1S/C13H11BrF3NO/c1-2-3-10-18-11(12(14)19-10)8-4-6-9(7-5-8)13(15,16)17/h4-7H,2-3H2,1H3. The molecule has 0 N–H and O–H groups in total. The fourth-order valence-electron chi connectivity index (χ4n) is 1.66. The number of hydrogen-bond donors (Lipinski definition) is 0. The Morgan fingerprint density at radius 2 is 1.84 bits per heavy atom. The zero-order chi connectivity index (χ0) is 14.0. The van der Waals surface area contributed by atoms with Gasteiger partial charge in [0.1, 0.15) is 5.69 Å². The molecule has 0 atom stereocenters. The highest BCUT2D eigenvalue weighted by Crippen LogP contribution is 2.33. The first kappa shape index (κ1) is 14.1. The van der Waals surface area contributed by atoms with E-state index in [9.17, 15) is 13.2 Å². The number of oxazole rings is 1. The molecular formula is C13H11BrF3NO. The van der Waals surface area contributed by atoms with E-state index in [-0.39, 0.29) is 0 Å². The molecule has 102 valence electrons. The molecule has 0 saturated carbocycles. The van der Waals surface area contributed by atoms with E-state index in [1.165, 1.54) is 12.1 Å². The molecule has 0 saturated heterocycles. The lowest BCUT2D eigenvalue weighted by molar-refractivity contribution is -0.137. The molecule has 1 aromatic heterocycles. The molecule has 1 aromatic carbocycles. The molecule has 0 spiro atoms. The highest BCUT2D eigenvalue weighted by atomic mass is 79.9. The fraction of sp³-hybridized carbons (Fsp3) is 0.308. The van der Waals surface area contributed by atoms with Crippen LogP contribution in [0.4, 0.5) is 13.2 Å². The van der Waals surface area contributed by atoms with Crippen molar-refractivity contribution in [2.45, 2.75) is 25.9 Å². The summed E-state index contributed by atoms with van der Waals surface area (Å²) in [7, 11) is 0. The van der Waals surface area contributed by atoms with Crippen molar-refractivity contribution in [2.24, 2.45) is 0 Å². The van der Waals surface area contributed by atoms with Crippen LogP contribution < -0.4 is 0 Å². The number of benzene rings is 1. The van der Waals surface area contributed by atoms with Gasteiger partial charge in [-0.1, -0.05) is 19.1 Å². The van der Waals surface area contributed by atoms with Crippen molar-refractivity contribution >= 4 is 15.9 Å². The van der Waals surface area contributed by atoms with Crippen molar-refractivity contribution in [2.75, 3.05) is 0 Å². The van der Waals surface area contributed by atoms with Crippen LogP contribution in [0.5, 0.6) is 0 Å². The van der Waals surface area contributed by atoms with Gasteiger partial charge in [-0.25, -0.2) is 4.98 Å². The number of nitrogens with zero attached hydrogens (tertiary/aromatic N) is 1. The van der Waals surface area contributed by atoms with Gasteiger partial charge in [-0.3, -0.25) is 0 Å². The summed E-state index contributed by atoms with van der Waals surface area (Å²) in [6.07, 6.45) is -2.74. The molecular weight excluding hydrogens is 323 g/mol. The second kappa shape index (κ2) is 5.36. The zero-order valence-corrected chi connectivity index (χ0v) is 11.7. The van der Waals surface area contributed by atoms with Crippen molar-refractivity contribution < 1.29 is 17.6 Å². The molecule has 0 unspecified atom stereocenters. The topological polar surface area (TPSA) is 26.0 Å². The fourth-order valence-corrected chi connectivity index (χ4v) is 2.16. The largest absolute Gasteiger partial charge is 0.433 e. The summed E-state index contributed by atoms with van der Waals surface area (Å²) in [6.45, 7) is 2.00. The van der Waals surface area contributed by atoms with Crippen molar-refractivity contribution in [3.05, 3.63) is 40.4 Å². The van der Waals surface area contributed by atoms with Gasteiger partial charge >= 0.3 is 6.18 Å². The molecule has 0 amide bonds. The Morgan fingerprint density at radius 1 is 1.21 bits per heavy atom. The molecule has 0 aliphatic carbocycles. The predicted octanol–water partition coefficient (Wildman–Crippen LogP) is 5.08. The Bertz CT molecular complexity index is 560. The van der Waals surface area contributed by atoms with E-state index in [1.807, 2.05) is 6.92 Å². The van der Waals surface area contributed by atoms with E-state index in [2.05, 4.69) is 20.9 Å². The van der Waals surface area contributed by atoms with Crippen molar-refractivity contribution in [3.63, 3.8) is 0 Å². The van der Waals surface area contributed by atoms with Crippen molar-refractivity contribution in [3.8, 4) is 11.3 Å². The molecule has 0 radical (unpaired) electrons. The van der Waals surface area contributed by atoms with Gasteiger partial charge in [0.2, 0.25) is 0 Å². The average Bonchev–Trinajstić information content (AvgIpc) is 2.70. The van der Waals surface area contributed by atoms with Crippen molar-refractivity contribution in [1.82, 2.24) is 4.98 Å². The molecule has 2 aromatic rings. The summed E-state index contributed by atoms with van der Waals surface area (Å²) < 4.78 is 43.2. The van der Waals surface area contributed by atoms with Crippen LogP contribution in [-0.2, 0) is 12.6 Å². The third kappa shape index (κ3) is 3.18. The minimum Gasteiger partial charge on any atom is -0.433 e. The first-order valence-electron chi connectivity index (χ1n) is 5.74. The van der Waals surface area contributed by atoms with E-state index in [0.29, 0.717) is 28.2 Å². The van der Waals surface area contributed by atoms with Gasteiger partial charge in [0.05, 0.1) is 5.56 Å².